The topological polar surface area (TPSA) is 12.5 Å². The summed E-state index contributed by atoms with van der Waals surface area (Å²) in [7, 11) is 3.98. The van der Waals surface area contributed by atoms with Crippen molar-refractivity contribution in [2.45, 2.75) is 12.5 Å². The Hall–Kier alpha value is -0.860. The van der Waals surface area contributed by atoms with Crippen LogP contribution in [0.25, 0.3) is 0 Å². The molecule has 15 heavy (non-hydrogen) atoms. The number of ether oxygens (including phenoxy) is 1. The Bertz CT molecular complexity index is 299. The van der Waals surface area contributed by atoms with E-state index in [-0.39, 0.29) is 0 Å². The monoisotopic (exact) mass is 205 g/mol. The van der Waals surface area contributed by atoms with Crippen molar-refractivity contribution in [3.05, 3.63) is 35.9 Å². The molecule has 2 heteroatoms. The number of benzene rings is 1. The van der Waals surface area contributed by atoms with Gasteiger partial charge in [-0.3, -0.25) is 0 Å². The van der Waals surface area contributed by atoms with Gasteiger partial charge in [0.15, 0.2) is 0 Å². The lowest BCUT2D eigenvalue weighted by Gasteiger charge is -2.16. The third kappa shape index (κ3) is 2.58. The van der Waals surface area contributed by atoms with Crippen LogP contribution in [0.2, 0.25) is 0 Å². The molecule has 0 saturated carbocycles. The van der Waals surface area contributed by atoms with E-state index in [1.54, 1.807) is 0 Å². The Labute approximate surface area is 91.9 Å². The molecule has 0 spiro atoms. The second-order valence-electron chi connectivity index (χ2n) is 4.45. The molecule has 1 aromatic carbocycles. The third-order valence-corrected chi connectivity index (χ3v) is 3.21. The van der Waals surface area contributed by atoms with Crippen molar-refractivity contribution in [1.82, 2.24) is 4.90 Å². The standard InChI is InChI=1S/C13H19NO/c1-14-9-12(13(10-14)15-2)8-11-6-4-3-5-7-11/h3-7,12-13H,8-10H2,1-2H3/t12?,13-/m1/s1. The molecular formula is C13H19NO. The van der Waals surface area contributed by atoms with Crippen molar-refractivity contribution in [2.75, 3.05) is 27.2 Å². The molecule has 0 N–H and O–H groups in total. The summed E-state index contributed by atoms with van der Waals surface area (Å²) in [4.78, 5) is 2.35. The maximum atomic E-state index is 5.52. The number of nitrogens with zero attached hydrogens (tertiary/aromatic N) is 1. The predicted molar refractivity (Wildman–Crippen MR) is 61.9 cm³/mol. The number of methoxy groups -OCH3 is 1. The van der Waals surface area contributed by atoms with E-state index < -0.39 is 0 Å². The fourth-order valence-corrected chi connectivity index (χ4v) is 2.43. The molecule has 1 unspecified atom stereocenters. The maximum absolute atomic E-state index is 5.52. The molecule has 0 amide bonds. The van der Waals surface area contributed by atoms with Crippen LogP contribution in [0.4, 0.5) is 0 Å². The van der Waals surface area contributed by atoms with Gasteiger partial charge in [0.05, 0.1) is 6.10 Å². The first kappa shape index (κ1) is 10.7. The molecule has 1 fully saturated rings. The van der Waals surface area contributed by atoms with Gasteiger partial charge in [0.25, 0.3) is 0 Å². The van der Waals surface area contributed by atoms with E-state index in [1.807, 2.05) is 7.11 Å². The zero-order valence-corrected chi connectivity index (χ0v) is 9.52. The lowest BCUT2D eigenvalue weighted by molar-refractivity contribution is 0.0798. The molecule has 1 aromatic rings. The molecule has 1 aliphatic rings. The van der Waals surface area contributed by atoms with E-state index in [1.165, 1.54) is 5.56 Å². The summed E-state index contributed by atoms with van der Waals surface area (Å²) in [6.07, 6.45) is 1.53. The van der Waals surface area contributed by atoms with Gasteiger partial charge in [0, 0.05) is 26.1 Å². The van der Waals surface area contributed by atoms with Gasteiger partial charge in [-0.05, 0) is 19.0 Å². The molecule has 2 atom stereocenters. The van der Waals surface area contributed by atoms with Crippen LogP contribution < -0.4 is 0 Å². The van der Waals surface area contributed by atoms with Crippen LogP contribution >= 0.6 is 0 Å². The largest absolute Gasteiger partial charge is 0.380 e. The van der Waals surface area contributed by atoms with Gasteiger partial charge < -0.3 is 9.64 Å². The predicted octanol–water partition coefficient (Wildman–Crippen LogP) is 1.81. The van der Waals surface area contributed by atoms with Gasteiger partial charge in [-0.15, -0.1) is 0 Å². The van der Waals surface area contributed by atoms with Crippen LogP contribution in [0.5, 0.6) is 0 Å². The van der Waals surface area contributed by atoms with Crippen LogP contribution in [0.15, 0.2) is 30.3 Å². The highest BCUT2D eigenvalue weighted by Gasteiger charge is 2.30. The van der Waals surface area contributed by atoms with Gasteiger partial charge in [-0.25, -0.2) is 0 Å². The van der Waals surface area contributed by atoms with Crippen LogP contribution in [-0.2, 0) is 11.2 Å². The third-order valence-electron chi connectivity index (χ3n) is 3.21. The molecule has 0 bridgehead atoms. The minimum Gasteiger partial charge on any atom is -0.380 e. The number of rotatable bonds is 3. The summed E-state index contributed by atoms with van der Waals surface area (Å²) in [5, 5.41) is 0. The Balaban J connectivity index is 2.00. The fraction of sp³-hybridized carbons (Fsp3) is 0.538. The van der Waals surface area contributed by atoms with Gasteiger partial charge in [-0.2, -0.15) is 0 Å². The quantitative estimate of drug-likeness (QED) is 0.746. The van der Waals surface area contributed by atoms with Crippen molar-refractivity contribution in [3.63, 3.8) is 0 Å². The first-order valence-corrected chi connectivity index (χ1v) is 5.55. The lowest BCUT2D eigenvalue weighted by atomic mass is 9.97. The highest BCUT2D eigenvalue weighted by atomic mass is 16.5. The Morgan fingerprint density at radius 2 is 2.00 bits per heavy atom. The summed E-state index contributed by atoms with van der Waals surface area (Å²) in [6, 6.07) is 10.7. The van der Waals surface area contributed by atoms with E-state index in [0.29, 0.717) is 12.0 Å². The van der Waals surface area contributed by atoms with E-state index in [4.69, 9.17) is 4.74 Å². The minimum atomic E-state index is 0.398. The number of likely N-dealkylation sites (tertiary alicyclic amines) is 1. The van der Waals surface area contributed by atoms with Gasteiger partial charge >= 0.3 is 0 Å². The van der Waals surface area contributed by atoms with E-state index in [2.05, 4.69) is 42.3 Å². The lowest BCUT2D eigenvalue weighted by Crippen LogP contribution is -2.22. The first-order valence-electron chi connectivity index (χ1n) is 5.55. The van der Waals surface area contributed by atoms with Crippen molar-refractivity contribution in [2.24, 2.45) is 5.92 Å². The highest BCUT2D eigenvalue weighted by molar-refractivity contribution is 5.16. The second kappa shape index (κ2) is 4.77. The molecule has 2 nitrogen and oxygen atoms in total. The Kier molecular flexibility index (Phi) is 3.39. The number of hydrogen-bond donors (Lipinski definition) is 0. The summed E-state index contributed by atoms with van der Waals surface area (Å²) in [6.45, 7) is 2.21. The van der Waals surface area contributed by atoms with Gasteiger partial charge in [0.1, 0.15) is 0 Å². The maximum Gasteiger partial charge on any atom is 0.0741 e. The van der Waals surface area contributed by atoms with Crippen LogP contribution in [0, 0.1) is 5.92 Å². The molecular weight excluding hydrogens is 186 g/mol. The normalized spacial score (nSPS) is 27.1. The second-order valence-corrected chi connectivity index (χ2v) is 4.45. The molecule has 2 rings (SSSR count). The van der Waals surface area contributed by atoms with E-state index in [9.17, 15) is 0 Å². The molecule has 1 aliphatic heterocycles. The zero-order chi connectivity index (χ0) is 10.7. The smallest absolute Gasteiger partial charge is 0.0741 e. The minimum absolute atomic E-state index is 0.398. The Morgan fingerprint density at radius 1 is 1.27 bits per heavy atom. The van der Waals surface area contributed by atoms with Gasteiger partial charge in [0.2, 0.25) is 0 Å². The first-order chi connectivity index (χ1) is 7.29. The number of hydrogen-bond acceptors (Lipinski definition) is 2. The summed E-state index contributed by atoms with van der Waals surface area (Å²) >= 11 is 0. The van der Waals surface area contributed by atoms with Crippen molar-refractivity contribution in [1.29, 1.82) is 0 Å². The van der Waals surface area contributed by atoms with Crippen molar-refractivity contribution < 1.29 is 4.74 Å². The SMILES string of the molecule is CO[C@@H]1CN(C)CC1Cc1ccccc1. The van der Waals surface area contributed by atoms with Crippen LogP contribution in [-0.4, -0.2) is 38.3 Å². The van der Waals surface area contributed by atoms with E-state index in [0.717, 1.165) is 19.5 Å². The van der Waals surface area contributed by atoms with E-state index >= 15 is 0 Å². The summed E-state index contributed by atoms with van der Waals surface area (Å²) < 4.78 is 5.52. The zero-order valence-electron chi connectivity index (χ0n) is 9.52. The van der Waals surface area contributed by atoms with Crippen molar-refractivity contribution in [3.8, 4) is 0 Å². The molecule has 1 heterocycles. The Morgan fingerprint density at radius 3 is 2.67 bits per heavy atom. The van der Waals surface area contributed by atoms with Gasteiger partial charge in [-0.1, -0.05) is 30.3 Å². The summed E-state index contributed by atoms with van der Waals surface area (Å²) in [5.74, 6) is 0.641. The van der Waals surface area contributed by atoms with Crippen LogP contribution in [0.3, 0.4) is 0 Å². The van der Waals surface area contributed by atoms with Crippen molar-refractivity contribution >= 4 is 0 Å². The molecule has 1 saturated heterocycles. The highest BCUT2D eigenvalue weighted by Crippen LogP contribution is 2.22. The molecule has 82 valence electrons. The fourth-order valence-electron chi connectivity index (χ4n) is 2.43. The molecule has 0 aliphatic carbocycles. The average Bonchev–Trinajstić information content (AvgIpc) is 2.60. The molecule has 0 radical (unpaired) electrons. The average molecular weight is 205 g/mol. The summed E-state index contributed by atoms with van der Waals surface area (Å²) in [5.41, 5.74) is 1.42. The molecule has 0 aromatic heterocycles. The van der Waals surface area contributed by atoms with Crippen LogP contribution in [0.1, 0.15) is 5.56 Å². The number of likely N-dealkylation sites (N-methyl/N-ethyl adjacent to an activating group) is 1.